The summed E-state index contributed by atoms with van der Waals surface area (Å²) in [6.45, 7) is 3.98. The minimum Gasteiger partial charge on any atom is -0.349 e. The molecule has 0 aliphatic carbocycles. The first-order chi connectivity index (χ1) is 16.8. The van der Waals surface area contributed by atoms with Crippen LogP contribution in [0.25, 0.3) is 11.1 Å². The summed E-state index contributed by atoms with van der Waals surface area (Å²) in [7, 11) is -3.66. The third kappa shape index (κ3) is 5.69. The van der Waals surface area contributed by atoms with E-state index in [2.05, 4.69) is 29.6 Å². The van der Waals surface area contributed by atoms with Gasteiger partial charge >= 0.3 is 0 Å². The number of benzene rings is 3. The van der Waals surface area contributed by atoms with E-state index in [9.17, 15) is 18.0 Å². The maximum atomic E-state index is 13.0. The largest absolute Gasteiger partial charge is 0.349 e. The number of carbonyl (C=O) groups is 2. The van der Waals surface area contributed by atoms with Gasteiger partial charge in [-0.15, -0.1) is 0 Å². The van der Waals surface area contributed by atoms with Gasteiger partial charge in [-0.05, 0) is 55.5 Å². The zero-order valence-electron chi connectivity index (χ0n) is 20.0. The van der Waals surface area contributed by atoms with Crippen molar-refractivity contribution in [1.82, 2.24) is 9.62 Å². The molecule has 1 unspecified atom stereocenters. The molecule has 1 N–H and O–H groups in total. The Morgan fingerprint density at radius 2 is 1.43 bits per heavy atom. The highest BCUT2D eigenvalue weighted by Crippen LogP contribution is 2.26. The summed E-state index contributed by atoms with van der Waals surface area (Å²) < 4.78 is 27.4. The summed E-state index contributed by atoms with van der Waals surface area (Å²) in [6.07, 6.45) is 0.937. The molecular weight excluding hydrogens is 460 g/mol. The van der Waals surface area contributed by atoms with E-state index < -0.39 is 10.0 Å². The molecule has 1 aliphatic heterocycles. The molecule has 1 amide bonds. The minimum absolute atomic E-state index is 0.0486. The monoisotopic (exact) mass is 490 g/mol. The van der Waals surface area contributed by atoms with Crippen LogP contribution in [-0.2, 0) is 14.8 Å². The normalized spacial score (nSPS) is 15.9. The van der Waals surface area contributed by atoms with E-state index in [4.69, 9.17) is 0 Å². The van der Waals surface area contributed by atoms with E-state index in [0.717, 1.165) is 16.7 Å². The first-order valence-electron chi connectivity index (χ1n) is 11.8. The topological polar surface area (TPSA) is 83.6 Å². The minimum atomic E-state index is -3.66. The highest BCUT2D eigenvalue weighted by atomic mass is 32.2. The molecule has 6 nitrogen and oxygen atoms in total. The molecular formula is C28H30N2O4S. The molecule has 1 atom stereocenters. The van der Waals surface area contributed by atoms with Gasteiger partial charge in [0.05, 0.1) is 10.9 Å². The van der Waals surface area contributed by atoms with E-state index in [-0.39, 0.29) is 41.6 Å². The van der Waals surface area contributed by atoms with Gasteiger partial charge in [-0.25, -0.2) is 8.42 Å². The molecule has 0 radical (unpaired) electrons. The van der Waals surface area contributed by atoms with E-state index in [1.54, 1.807) is 0 Å². The third-order valence-corrected chi connectivity index (χ3v) is 8.51. The number of sulfonamides is 1. The van der Waals surface area contributed by atoms with Crippen LogP contribution in [0.3, 0.4) is 0 Å². The van der Waals surface area contributed by atoms with Crippen molar-refractivity contribution in [1.29, 1.82) is 0 Å². The average molecular weight is 491 g/mol. The molecule has 1 aliphatic rings. The lowest BCUT2D eigenvalue weighted by molar-refractivity contribution is -0.126. The Labute approximate surface area is 207 Å². The predicted octanol–water partition coefficient (Wildman–Crippen LogP) is 4.83. The molecule has 1 saturated heterocycles. The van der Waals surface area contributed by atoms with Gasteiger partial charge in [-0.2, -0.15) is 4.31 Å². The Balaban J connectivity index is 1.33. The molecule has 1 heterocycles. The first kappa shape index (κ1) is 24.8. The number of amides is 1. The number of nitrogens with one attached hydrogen (secondary N) is 1. The van der Waals surface area contributed by atoms with Crippen molar-refractivity contribution < 1.29 is 18.0 Å². The fourth-order valence-corrected chi connectivity index (χ4v) is 5.85. The number of carbonyl (C=O) groups excluding carboxylic acids is 2. The SMILES string of the molecule is CC(=O)c1ccc(S(=O)(=O)N2CCC(C(=O)NC(C)c3ccc(-c4ccccc4)cc3)CC2)cc1. The van der Waals surface area contributed by atoms with Crippen molar-refractivity contribution in [3.8, 4) is 11.1 Å². The summed E-state index contributed by atoms with van der Waals surface area (Å²) in [5.41, 5.74) is 3.76. The zero-order valence-corrected chi connectivity index (χ0v) is 20.8. The molecule has 0 aromatic heterocycles. The second kappa shape index (κ2) is 10.5. The number of ketones is 1. The second-order valence-corrected chi connectivity index (χ2v) is 10.9. The molecule has 35 heavy (non-hydrogen) atoms. The van der Waals surface area contributed by atoms with Crippen molar-refractivity contribution in [2.45, 2.75) is 37.6 Å². The Bertz CT molecular complexity index is 1280. The molecule has 0 saturated carbocycles. The zero-order chi connectivity index (χ0) is 25.0. The lowest BCUT2D eigenvalue weighted by atomic mass is 9.96. The quantitative estimate of drug-likeness (QED) is 0.481. The second-order valence-electron chi connectivity index (χ2n) is 8.98. The summed E-state index contributed by atoms with van der Waals surface area (Å²) >= 11 is 0. The predicted molar refractivity (Wildman–Crippen MR) is 136 cm³/mol. The summed E-state index contributed by atoms with van der Waals surface area (Å²) in [5, 5.41) is 3.09. The van der Waals surface area contributed by atoms with Gasteiger partial charge < -0.3 is 5.32 Å². The Morgan fingerprint density at radius 1 is 0.857 bits per heavy atom. The average Bonchev–Trinajstić information content (AvgIpc) is 2.89. The fraction of sp³-hybridized carbons (Fsp3) is 0.286. The number of hydrogen-bond acceptors (Lipinski definition) is 4. The highest BCUT2D eigenvalue weighted by molar-refractivity contribution is 7.89. The van der Waals surface area contributed by atoms with Crippen LogP contribution in [0.15, 0.2) is 83.8 Å². The van der Waals surface area contributed by atoms with Gasteiger partial charge in [0.25, 0.3) is 0 Å². The first-order valence-corrected chi connectivity index (χ1v) is 13.3. The van der Waals surface area contributed by atoms with Gasteiger partial charge in [0, 0.05) is 24.6 Å². The smallest absolute Gasteiger partial charge is 0.243 e. The van der Waals surface area contributed by atoms with Crippen LogP contribution in [0.1, 0.15) is 48.7 Å². The summed E-state index contributed by atoms with van der Waals surface area (Å²) in [6, 6.07) is 24.1. The molecule has 3 aromatic carbocycles. The van der Waals surface area contributed by atoms with Crippen LogP contribution in [0, 0.1) is 5.92 Å². The molecule has 1 fully saturated rings. The van der Waals surface area contributed by atoms with Crippen molar-refractivity contribution in [2.75, 3.05) is 13.1 Å². The summed E-state index contributed by atoms with van der Waals surface area (Å²) in [5.74, 6) is -0.387. The van der Waals surface area contributed by atoms with Crippen LogP contribution < -0.4 is 5.32 Å². The highest BCUT2D eigenvalue weighted by Gasteiger charge is 2.32. The fourth-order valence-electron chi connectivity index (χ4n) is 4.38. The number of Topliss-reactive ketones (excluding diaryl/α,β-unsaturated/α-hetero) is 1. The van der Waals surface area contributed by atoms with E-state index in [1.165, 1.54) is 35.5 Å². The van der Waals surface area contributed by atoms with Crippen LogP contribution in [0.5, 0.6) is 0 Å². The lowest BCUT2D eigenvalue weighted by Gasteiger charge is -2.31. The number of piperidine rings is 1. The Kier molecular flexibility index (Phi) is 7.48. The van der Waals surface area contributed by atoms with Crippen molar-refractivity contribution in [3.63, 3.8) is 0 Å². The maximum absolute atomic E-state index is 13.0. The van der Waals surface area contributed by atoms with Gasteiger partial charge in [0.15, 0.2) is 5.78 Å². The van der Waals surface area contributed by atoms with Crippen molar-refractivity contribution >= 4 is 21.7 Å². The van der Waals surface area contributed by atoms with E-state index >= 15 is 0 Å². The van der Waals surface area contributed by atoms with E-state index in [0.29, 0.717) is 18.4 Å². The van der Waals surface area contributed by atoms with E-state index in [1.807, 2.05) is 37.3 Å². The van der Waals surface area contributed by atoms with Crippen LogP contribution in [0.4, 0.5) is 0 Å². The molecule has 182 valence electrons. The van der Waals surface area contributed by atoms with Crippen LogP contribution in [-0.4, -0.2) is 37.5 Å². The van der Waals surface area contributed by atoms with Gasteiger partial charge in [-0.1, -0.05) is 66.7 Å². The molecule has 3 aromatic rings. The van der Waals surface area contributed by atoms with Crippen LogP contribution in [0.2, 0.25) is 0 Å². The van der Waals surface area contributed by atoms with Crippen molar-refractivity contribution in [3.05, 3.63) is 90.0 Å². The molecule has 0 spiro atoms. The van der Waals surface area contributed by atoms with Crippen molar-refractivity contribution in [2.24, 2.45) is 5.92 Å². The number of nitrogens with zero attached hydrogens (tertiary/aromatic N) is 1. The van der Waals surface area contributed by atoms with Crippen LogP contribution >= 0.6 is 0 Å². The molecule has 0 bridgehead atoms. The Hall–Kier alpha value is -3.29. The van der Waals surface area contributed by atoms with Gasteiger partial charge in [-0.3, -0.25) is 9.59 Å². The standard InChI is InChI=1S/C28H30N2O4S/c1-20(22-8-10-25(11-9-22)24-6-4-3-5-7-24)29-28(32)26-16-18-30(19-17-26)35(33,34)27-14-12-23(13-15-27)21(2)31/h3-15,20,26H,16-19H2,1-2H3,(H,29,32). The lowest BCUT2D eigenvalue weighted by Crippen LogP contribution is -2.43. The van der Waals surface area contributed by atoms with Gasteiger partial charge in [0.1, 0.15) is 0 Å². The third-order valence-electron chi connectivity index (χ3n) is 6.60. The summed E-state index contributed by atoms with van der Waals surface area (Å²) in [4.78, 5) is 24.5. The number of hydrogen-bond donors (Lipinski definition) is 1. The van der Waals surface area contributed by atoms with Gasteiger partial charge in [0.2, 0.25) is 15.9 Å². The maximum Gasteiger partial charge on any atom is 0.243 e. The Morgan fingerprint density at radius 3 is 2.00 bits per heavy atom. The molecule has 7 heteroatoms. The molecule has 4 rings (SSSR count). The number of rotatable bonds is 7.